The maximum Gasteiger partial charge on any atom is 0.226 e. The van der Waals surface area contributed by atoms with Crippen molar-refractivity contribution in [3.63, 3.8) is 0 Å². The van der Waals surface area contributed by atoms with Crippen molar-refractivity contribution in [3.05, 3.63) is 59.2 Å². The minimum atomic E-state index is -0.921. The van der Waals surface area contributed by atoms with Crippen LogP contribution in [0.15, 0.2) is 30.5 Å². The number of likely N-dealkylation sites (tertiary alicyclic amines) is 1. The van der Waals surface area contributed by atoms with Crippen molar-refractivity contribution in [2.75, 3.05) is 13.1 Å². The zero-order valence-electron chi connectivity index (χ0n) is 13.5. The molecule has 0 N–H and O–H groups in total. The van der Waals surface area contributed by atoms with E-state index in [4.69, 9.17) is 0 Å². The molecule has 0 unspecified atom stereocenters. The van der Waals surface area contributed by atoms with E-state index in [0.717, 1.165) is 36.5 Å². The van der Waals surface area contributed by atoms with Crippen LogP contribution in [-0.4, -0.2) is 33.9 Å². The molecule has 0 radical (unpaired) electrons. The number of nitrogens with zero attached hydrogens (tertiary/aromatic N) is 3. The van der Waals surface area contributed by atoms with Gasteiger partial charge >= 0.3 is 0 Å². The molecule has 3 rings (SSSR count). The Bertz CT molecular complexity index is 743. The molecule has 6 heteroatoms. The minimum absolute atomic E-state index is 0.0652. The van der Waals surface area contributed by atoms with E-state index in [1.54, 1.807) is 11.1 Å². The van der Waals surface area contributed by atoms with Gasteiger partial charge in [-0.3, -0.25) is 4.79 Å². The third-order valence-electron chi connectivity index (χ3n) is 4.37. The van der Waals surface area contributed by atoms with Gasteiger partial charge < -0.3 is 4.90 Å². The number of carbonyl (C=O) groups excluding carboxylic acids is 1. The second-order valence-corrected chi connectivity index (χ2v) is 6.14. The molecule has 1 amide bonds. The molecule has 1 aromatic heterocycles. The van der Waals surface area contributed by atoms with Crippen LogP contribution in [0, 0.1) is 18.6 Å². The summed E-state index contributed by atoms with van der Waals surface area (Å²) in [6.45, 7) is 3.20. The molecule has 0 atom stereocenters. The number of aromatic nitrogens is 2. The second-order valence-electron chi connectivity index (χ2n) is 6.14. The normalized spacial score (nSPS) is 15.5. The average molecular weight is 331 g/mol. The number of hydrogen-bond acceptors (Lipinski definition) is 3. The highest BCUT2D eigenvalue weighted by molar-refractivity contribution is 5.78. The van der Waals surface area contributed by atoms with E-state index < -0.39 is 11.6 Å². The van der Waals surface area contributed by atoms with Gasteiger partial charge in [0, 0.05) is 30.9 Å². The van der Waals surface area contributed by atoms with Crippen LogP contribution in [0.25, 0.3) is 0 Å². The number of carbonyl (C=O) groups is 1. The summed E-state index contributed by atoms with van der Waals surface area (Å²) in [6.07, 6.45) is 3.47. The van der Waals surface area contributed by atoms with Crippen molar-refractivity contribution in [3.8, 4) is 0 Å². The quantitative estimate of drug-likeness (QED) is 0.868. The second kappa shape index (κ2) is 7.03. The first-order chi connectivity index (χ1) is 11.5. The number of hydrogen-bond donors (Lipinski definition) is 0. The molecular formula is C18H19F2N3O. The molecule has 0 spiro atoms. The summed E-state index contributed by atoms with van der Waals surface area (Å²) in [5.74, 6) is -0.787. The van der Waals surface area contributed by atoms with Crippen LogP contribution in [0.3, 0.4) is 0 Å². The molecular weight excluding hydrogens is 312 g/mol. The predicted molar refractivity (Wildman–Crippen MR) is 85.4 cm³/mol. The Hall–Kier alpha value is -2.37. The van der Waals surface area contributed by atoms with Crippen molar-refractivity contribution in [1.82, 2.24) is 14.9 Å². The lowest BCUT2D eigenvalue weighted by atomic mass is 9.95. The van der Waals surface area contributed by atoms with Crippen LogP contribution in [0.5, 0.6) is 0 Å². The summed E-state index contributed by atoms with van der Waals surface area (Å²) in [6, 6.07) is 5.45. The highest BCUT2D eigenvalue weighted by Crippen LogP contribution is 2.25. The SMILES string of the molecule is Cc1ccnc(C2CCN(C(=O)Cc3ccc(F)c(F)c3)CC2)n1. The third kappa shape index (κ3) is 3.75. The fourth-order valence-electron chi connectivity index (χ4n) is 2.99. The number of rotatable bonds is 3. The van der Waals surface area contributed by atoms with Crippen LogP contribution in [0.1, 0.15) is 35.8 Å². The van der Waals surface area contributed by atoms with Gasteiger partial charge in [0.1, 0.15) is 5.82 Å². The van der Waals surface area contributed by atoms with E-state index in [0.29, 0.717) is 18.7 Å². The van der Waals surface area contributed by atoms with E-state index >= 15 is 0 Å². The Morgan fingerprint density at radius 1 is 1.21 bits per heavy atom. The van der Waals surface area contributed by atoms with Crippen LogP contribution < -0.4 is 0 Å². The van der Waals surface area contributed by atoms with E-state index in [2.05, 4.69) is 9.97 Å². The molecule has 24 heavy (non-hydrogen) atoms. The fraction of sp³-hybridized carbons (Fsp3) is 0.389. The molecule has 0 bridgehead atoms. The third-order valence-corrected chi connectivity index (χ3v) is 4.37. The molecule has 1 saturated heterocycles. The summed E-state index contributed by atoms with van der Waals surface area (Å²) in [4.78, 5) is 22.9. The van der Waals surface area contributed by atoms with Gasteiger partial charge in [-0.25, -0.2) is 18.7 Å². The lowest BCUT2D eigenvalue weighted by Crippen LogP contribution is -2.39. The molecule has 0 aliphatic carbocycles. The van der Waals surface area contributed by atoms with Gasteiger partial charge in [0.2, 0.25) is 5.91 Å². The van der Waals surface area contributed by atoms with Gasteiger partial charge in [-0.2, -0.15) is 0 Å². The fourth-order valence-corrected chi connectivity index (χ4v) is 2.99. The summed E-state index contributed by atoms with van der Waals surface area (Å²) < 4.78 is 26.2. The Kier molecular flexibility index (Phi) is 4.83. The number of benzene rings is 1. The Morgan fingerprint density at radius 2 is 1.96 bits per heavy atom. The maximum atomic E-state index is 13.2. The Balaban J connectivity index is 1.58. The number of piperidine rings is 1. The van der Waals surface area contributed by atoms with Crippen LogP contribution >= 0.6 is 0 Å². The van der Waals surface area contributed by atoms with Gasteiger partial charge in [0.25, 0.3) is 0 Å². The van der Waals surface area contributed by atoms with Gasteiger partial charge in [0.05, 0.1) is 6.42 Å². The zero-order chi connectivity index (χ0) is 17.1. The standard InChI is InChI=1S/C18H19F2N3O/c1-12-4-7-21-18(22-12)14-5-8-23(9-6-14)17(24)11-13-2-3-15(19)16(20)10-13/h2-4,7,10,14H,5-6,8-9,11H2,1H3. The van der Waals surface area contributed by atoms with Crippen molar-refractivity contribution in [2.24, 2.45) is 0 Å². The van der Waals surface area contributed by atoms with Gasteiger partial charge in [-0.05, 0) is 43.5 Å². The Morgan fingerprint density at radius 3 is 2.62 bits per heavy atom. The van der Waals surface area contributed by atoms with E-state index in [1.165, 1.54) is 6.07 Å². The predicted octanol–water partition coefficient (Wildman–Crippen LogP) is 3.01. The van der Waals surface area contributed by atoms with E-state index in [9.17, 15) is 13.6 Å². The minimum Gasteiger partial charge on any atom is -0.342 e. The number of amides is 1. The number of halogens is 2. The summed E-state index contributed by atoms with van der Waals surface area (Å²) in [7, 11) is 0. The topological polar surface area (TPSA) is 46.1 Å². The van der Waals surface area contributed by atoms with Crippen molar-refractivity contribution >= 4 is 5.91 Å². The summed E-state index contributed by atoms with van der Waals surface area (Å²) in [5.41, 5.74) is 1.43. The molecule has 0 saturated carbocycles. The first-order valence-corrected chi connectivity index (χ1v) is 8.04. The van der Waals surface area contributed by atoms with E-state index in [-0.39, 0.29) is 18.2 Å². The first-order valence-electron chi connectivity index (χ1n) is 8.04. The molecule has 1 aromatic carbocycles. The zero-order valence-corrected chi connectivity index (χ0v) is 13.5. The molecule has 1 fully saturated rings. The molecule has 1 aliphatic heterocycles. The van der Waals surface area contributed by atoms with Gasteiger partial charge in [0.15, 0.2) is 11.6 Å². The summed E-state index contributed by atoms with van der Waals surface area (Å²) >= 11 is 0. The lowest BCUT2D eigenvalue weighted by molar-refractivity contribution is -0.131. The van der Waals surface area contributed by atoms with Gasteiger partial charge in [-0.1, -0.05) is 6.07 Å². The van der Waals surface area contributed by atoms with Crippen LogP contribution in [0.4, 0.5) is 8.78 Å². The van der Waals surface area contributed by atoms with E-state index in [1.807, 2.05) is 13.0 Å². The first kappa shape index (κ1) is 16.5. The van der Waals surface area contributed by atoms with Crippen molar-refractivity contribution < 1.29 is 13.6 Å². The lowest BCUT2D eigenvalue weighted by Gasteiger charge is -2.31. The van der Waals surface area contributed by atoms with Gasteiger partial charge in [-0.15, -0.1) is 0 Å². The van der Waals surface area contributed by atoms with Crippen LogP contribution in [0.2, 0.25) is 0 Å². The average Bonchev–Trinajstić information content (AvgIpc) is 2.58. The smallest absolute Gasteiger partial charge is 0.226 e. The van der Waals surface area contributed by atoms with Crippen molar-refractivity contribution in [1.29, 1.82) is 0 Å². The summed E-state index contributed by atoms with van der Waals surface area (Å²) in [5, 5.41) is 0. The number of aryl methyl sites for hydroxylation is 1. The monoisotopic (exact) mass is 331 g/mol. The molecule has 126 valence electrons. The highest BCUT2D eigenvalue weighted by Gasteiger charge is 2.25. The molecule has 2 heterocycles. The molecule has 4 nitrogen and oxygen atoms in total. The molecule has 1 aliphatic rings. The Labute approximate surface area is 139 Å². The van der Waals surface area contributed by atoms with Crippen LogP contribution in [-0.2, 0) is 11.2 Å². The maximum absolute atomic E-state index is 13.2. The largest absolute Gasteiger partial charge is 0.342 e. The highest BCUT2D eigenvalue weighted by atomic mass is 19.2. The molecule has 2 aromatic rings. The van der Waals surface area contributed by atoms with Crippen molar-refractivity contribution in [2.45, 2.75) is 32.1 Å².